The minimum Gasteiger partial charge on any atom is -0.322 e. The van der Waals surface area contributed by atoms with Crippen molar-refractivity contribution in [1.29, 1.82) is 0 Å². The van der Waals surface area contributed by atoms with E-state index in [-0.39, 0.29) is 5.75 Å². The fourth-order valence-corrected chi connectivity index (χ4v) is 3.38. The van der Waals surface area contributed by atoms with Crippen molar-refractivity contribution in [1.82, 2.24) is 20.7 Å². The van der Waals surface area contributed by atoms with Gasteiger partial charge in [0, 0.05) is 6.20 Å². The van der Waals surface area contributed by atoms with E-state index in [1.807, 2.05) is 36.4 Å². The third-order valence-corrected chi connectivity index (χ3v) is 5.19. The Hall–Kier alpha value is -2.87. The van der Waals surface area contributed by atoms with Crippen molar-refractivity contribution in [3.05, 3.63) is 60.3 Å². The highest BCUT2D eigenvalue weighted by molar-refractivity contribution is 7.99. The van der Waals surface area contributed by atoms with E-state index in [1.165, 1.54) is 11.8 Å². The van der Waals surface area contributed by atoms with Crippen molar-refractivity contribution >= 4 is 29.6 Å². The van der Waals surface area contributed by atoms with Crippen LogP contribution in [-0.4, -0.2) is 39.1 Å². The molecule has 0 aliphatic carbocycles. The lowest BCUT2D eigenvalue weighted by Gasteiger charge is -2.21. The summed E-state index contributed by atoms with van der Waals surface area (Å²) in [5.74, 6) is -0.851. The summed E-state index contributed by atoms with van der Waals surface area (Å²) in [7, 11) is 0. The monoisotopic (exact) mass is 384 g/mol. The number of thioether (sulfide) groups is 1. The predicted molar refractivity (Wildman–Crippen MR) is 102 cm³/mol. The Labute approximate surface area is 161 Å². The van der Waals surface area contributed by atoms with Crippen molar-refractivity contribution in [2.45, 2.75) is 30.3 Å². The summed E-state index contributed by atoms with van der Waals surface area (Å²) in [5, 5.41) is 4.15. The maximum Gasteiger partial charge on any atom is 0.344 e. The van der Waals surface area contributed by atoms with E-state index in [0.29, 0.717) is 17.9 Å². The van der Waals surface area contributed by atoms with Crippen LogP contribution < -0.4 is 10.7 Å². The second-order valence-corrected chi connectivity index (χ2v) is 7.38. The van der Waals surface area contributed by atoms with Crippen molar-refractivity contribution in [2.24, 2.45) is 0 Å². The molecule has 1 aliphatic rings. The molecule has 2 N–H and O–H groups in total. The molecule has 2 aromatic rings. The smallest absolute Gasteiger partial charge is 0.322 e. The number of benzene rings is 1. The Kier molecular flexibility index (Phi) is 5.75. The summed E-state index contributed by atoms with van der Waals surface area (Å²) < 4.78 is 0. The average Bonchev–Trinajstić information content (AvgIpc) is 2.90. The van der Waals surface area contributed by atoms with Gasteiger partial charge in [0.2, 0.25) is 5.91 Å². The molecular formula is C19H20N4O3S. The first-order valence-electron chi connectivity index (χ1n) is 8.52. The van der Waals surface area contributed by atoms with Gasteiger partial charge in [-0.05, 0) is 37.5 Å². The van der Waals surface area contributed by atoms with Gasteiger partial charge in [-0.1, -0.05) is 48.2 Å². The average molecular weight is 384 g/mol. The fraction of sp³-hybridized carbons (Fsp3) is 0.263. The lowest BCUT2D eigenvalue weighted by Crippen LogP contribution is -2.49. The molecule has 4 amide bonds. The number of pyridine rings is 1. The van der Waals surface area contributed by atoms with Crippen molar-refractivity contribution in [3.8, 4) is 0 Å². The van der Waals surface area contributed by atoms with Crippen molar-refractivity contribution in [3.63, 3.8) is 0 Å². The van der Waals surface area contributed by atoms with Crippen LogP contribution in [0.3, 0.4) is 0 Å². The molecule has 1 aromatic carbocycles. The third kappa shape index (κ3) is 4.65. The fourth-order valence-electron chi connectivity index (χ4n) is 2.72. The number of hydrogen-bond acceptors (Lipinski definition) is 5. The lowest BCUT2D eigenvalue weighted by atomic mass is 9.93. The molecule has 140 valence electrons. The van der Waals surface area contributed by atoms with E-state index in [9.17, 15) is 14.4 Å². The zero-order valence-corrected chi connectivity index (χ0v) is 15.7. The summed E-state index contributed by atoms with van der Waals surface area (Å²) in [6.45, 7) is 1.67. The van der Waals surface area contributed by atoms with Gasteiger partial charge >= 0.3 is 6.03 Å². The molecule has 1 fully saturated rings. The number of nitrogens with one attached hydrogen (secondary N) is 2. The van der Waals surface area contributed by atoms with Crippen LogP contribution in [-0.2, 0) is 16.0 Å². The van der Waals surface area contributed by atoms with Crippen LogP contribution in [0.2, 0.25) is 0 Å². The summed E-state index contributed by atoms with van der Waals surface area (Å²) in [6.07, 6.45) is 2.72. The first kappa shape index (κ1) is 18.9. The maximum absolute atomic E-state index is 12.7. The largest absolute Gasteiger partial charge is 0.344 e. The van der Waals surface area contributed by atoms with Crippen LogP contribution in [0.5, 0.6) is 0 Å². The van der Waals surface area contributed by atoms with E-state index < -0.39 is 23.4 Å². The Bertz CT molecular complexity index is 831. The van der Waals surface area contributed by atoms with E-state index in [4.69, 9.17) is 0 Å². The first-order chi connectivity index (χ1) is 13.0. The van der Waals surface area contributed by atoms with Gasteiger partial charge in [0.1, 0.15) is 5.54 Å². The molecule has 0 saturated carbocycles. The first-order valence-corrected chi connectivity index (χ1v) is 9.50. The maximum atomic E-state index is 12.7. The van der Waals surface area contributed by atoms with E-state index in [0.717, 1.165) is 10.6 Å². The minimum absolute atomic E-state index is 0.0504. The lowest BCUT2D eigenvalue weighted by molar-refractivity contribution is -0.138. The molecular weight excluding hydrogens is 364 g/mol. The molecule has 8 heteroatoms. The van der Waals surface area contributed by atoms with Crippen LogP contribution in [0.1, 0.15) is 18.9 Å². The van der Waals surface area contributed by atoms with Gasteiger partial charge in [-0.15, -0.1) is 0 Å². The molecule has 27 heavy (non-hydrogen) atoms. The molecule has 0 bridgehead atoms. The van der Waals surface area contributed by atoms with E-state index in [1.54, 1.807) is 25.3 Å². The number of imide groups is 1. The molecule has 1 atom stereocenters. The number of nitrogens with zero attached hydrogens (tertiary/aromatic N) is 2. The Morgan fingerprint density at radius 3 is 2.63 bits per heavy atom. The molecule has 7 nitrogen and oxygen atoms in total. The summed E-state index contributed by atoms with van der Waals surface area (Å²) in [6, 6.07) is 14.5. The molecule has 0 spiro atoms. The zero-order valence-electron chi connectivity index (χ0n) is 14.8. The number of carbonyl (C=O) groups is 3. The topological polar surface area (TPSA) is 91.4 Å². The standard InChI is InChI=1S/C19H20N4O3S/c1-19(11-10-14-7-3-2-4-8-14)17(25)23(18(26)21-19)22-15(24)13-27-16-9-5-6-12-20-16/h2-9,12H,10-11,13H2,1H3,(H,21,26)(H,22,24)/t19-/m0/s1. The summed E-state index contributed by atoms with van der Waals surface area (Å²) in [4.78, 5) is 41.1. The molecule has 0 unspecified atom stereocenters. The van der Waals surface area contributed by atoms with Crippen LogP contribution >= 0.6 is 11.8 Å². The Balaban J connectivity index is 1.55. The number of hydrogen-bond donors (Lipinski definition) is 2. The summed E-state index contributed by atoms with van der Waals surface area (Å²) >= 11 is 1.23. The predicted octanol–water partition coefficient (Wildman–Crippen LogP) is 2.15. The molecule has 1 aliphatic heterocycles. The van der Waals surface area contributed by atoms with Gasteiger partial charge in [0.15, 0.2) is 0 Å². The number of carbonyl (C=O) groups excluding carboxylic acids is 3. The second-order valence-electron chi connectivity index (χ2n) is 6.38. The van der Waals surface area contributed by atoms with Gasteiger partial charge < -0.3 is 5.32 Å². The minimum atomic E-state index is -1.05. The normalized spacial score (nSPS) is 19.1. The van der Waals surface area contributed by atoms with Gasteiger partial charge in [-0.2, -0.15) is 5.01 Å². The van der Waals surface area contributed by atoms with Gasteiger partial charge in [-0.3, -0.25) is 15.0 Å². The Morgan fingerprint density at radius 1 is 1.19 bits per heavy atom. The number of aryl methyl sites for hydroxylation is 1. The quantitative estimate of drug-likeness (QED) is 0.564. The Morgan fingerprint density at radius 2 is 1.93 bits per heavy atom. The van der Waals surface area contributed by atoms with Crippen LogP contribution in [0.4, 0.5) is 4.79 Å². The highest BCUT2D eigenvalue weighted by Gasteiger charge is 2.48. The third-order valence-electron chi connectivity index (χ3n) is 4.24. The van der Waals surface area contributed by atoms with Crippen LogP contribution in [0, 0.1) is 0 Å². The number of aromatic nitrogens is 1. The van der Waals surface area contributed by atoms with Crippen LogP contribution in [0.25, 0.3) is 0 Å². The SMILES string of the molecule is C[C@@]1(CCc2ccccc2)NC(=O)N(NC(=O)CSc2ccccn2)C1=O. The second kappa shape index (κ2) is 8.22. The molecule has 2 heterocycles. The van der Waals surface area contributed by atoms with Crippen molar-refractivity contribution < 1.29 is 14.4 Å². The van der Waals surface area contributed by atoms with Crippen molar-refractivity contribution in [2.75, 3.05) is 5.75 Å². The number of rotatable bonds is 7. The van der Waals surface area contributed by atoms with Gasteiger partial charge in [0.25, 0.3) is 5.91 Å². The number of amides is 4. The van der Waals surface area contributed by atoms with Gasteiger partial charge in [0.05, 0.1) is 10.8 Å². The molecule has 3 rings (SSSR count). The molecule has 1 saturated heterocycles. The van der Waals surface area contributed by atoms with E-state index >= 15 is 0 Å². The number of hydrazine groups is 1. The van der Waals surface area contributed by atoms with Gasteiger partial charge in [-0.25, -0.2) is 9.78 Å². The zero-order chi connectivity index (χ0) is 19.3. The molecule has 0 radical (unpaired) electrons. The highest BCUT2D eigenvalue weighted by atomic mass is 32.2. The summed E-state index contributed by atoms with van der Waals surface area (Å²) in [5.41, 5.74) is 2.42. The van der Waals surface area contributed by atoms with Crippen LogP contribution in [0.15, 0.2) is 59.8 Å². The van der Waals surface area contributed by atoms with E-state index in [2.05, 4.69) is 15.7 Å². The highest BCUT2D eigenvalue weighted by Crippen LogP contribution is 2.22. The number of urea groups is 1. The molecule has 1 aromatic heterocycles.